The number of anilines is 3. The second kappa shape index (κ2) is 7.16. The monoisotopic (exact) mass is 358 g/mol. The smallest absolute Gasteiger partial charge is 0.249 e. The van der Waals surface area contributed by atoms with Gasteiger partial charge in [-0.2, -0.15) is 14.3 Å². The van der Waals surface area contributed by atoms with Crippen molar-refractivity contribution in [2.75, 3.05) is 11.1 Å². The Hall–Kier alpha value is -2.83. The Morgan fingerprint density at radius 2 is 1.96 bits per heavy atom. The van der Waals surface area contributed by atoms with Crippen LogP contribution in [-0.4, -0.2) is 24.1 Å². The van der Waals surface area contributed by atoms with E-state index in [-0.39, 0.29) is 11.2 Å². The van der Waals surface area contributed by atoms with Crippen LogP contribution in [-0.2, 0) is 6.42 Å². The van der Waals surface area contributed by atoms with Gasteiger partial charge in [-0.15, -0.1) is 5.10 Å². The van der Waals surface area contributed by atoms with Crippen LogP contribution in [0.25, 0.3) is 0 Å². The van der Waals surface area contributed by atoms with Gasteiger partial charge in [-0.3, -0.25) is 0 Å². The SMILES string of the molecule is N#CCc1ccc(Nc2nc(N)n(Sc3cnc(Cl)nc3)n2)cc1. The minimum absolute atomic E-state index is 0.174. The van der Waals surface area contributed by atoms with Crippen molar-refractivity contribution in [2.45, 2.75) is 11.3 Å². The second-order valence-corrected chi connectivity index (χ2v) is 5.94. The Labute approximate surface area is 146 Å². The summed E-state index contributed by atoms with van der Waals surface area (Å²) in [6.45, 7) is 0. The lowest BCUT2D eigenvalue weighted by molar-refractivity contribution is 1.01. The molecule has 0 aliphatic rings. The van der Waals surface area contributed by atoms with Crippen molar-refractivity contribution in [3.63, 3.8) is 0 Å². The van der Waals surface area contributed by atoms with E-state index < -0.39 is 0 Å². The van der Waals surface area contributed by atoms with Crippen LogP contribution in [0.4, 0.5) is 17.6 Å². The van der Waals surface area contributed by atoms with Crippen LogP contribution in [0.15, 0.2) is 41.6 Å². The molecule has 0 spiro atoms. The van der Waals surface area contributed by atoms with Crippen LogP contribution < -0.4 is 11.1 Å². The van der Waals surface area contributed by atoms with Gasteiger partial charge in [-0.1, -0.05) is 12.1 Å². The number of halogens is 1. The summed E-state index contributed by atoms with van der Waals surface area (Å²) in [5, 5.41) is 16.2. The van der Waals surface area contributed by atoms with E-state index in [1.54, 1.807) is 12.4 Å². The average Bonchev–Trinajstić information content (AvgIpc) is 2.91. The third kappa shape index (κ3) is 3.92. The van der Waals surface area contributed by atoms with Gasteiger partial charge >= 0.3 is 0 Å². The Kier molecular flexibility index (Phi) is 4.79. The molecule has 0 amide bonds. The van der Waals surface area contributed by atoms with Gasteiger partial charge in [0.05, 0.1) is 17.4 Å². The van der Waals surface area contributed by atoms with Crippen molar-refractivity contribution < 1.29 is 0 Å². The number of aromatic nitrogens is 5. The Balaban J connectivity index is 1.71. The van der Waals surface area contributed by atoms with Crippen molar-refractivity contribution in [2.24, 2.45) is 0 Å². The summed E-state index contributed by atoms with van der Waals surface area (Å²) in [6.07, 6.45) is 3.52. The molecule has 0 saturated heterocycles. The van der Waals surface area contributed by atoms with Crippen LogP contribution >= 0.6 is 23.5 Å². The van der Waals surface area contributed by atoms with Crippen LogP contribution in [0, 0.1) is 11.3 Å². The number of nitrogens with zero attached hydrogens (tertiary/aromatic N) is 6. The zero-order chi connectivity index (χ0) is 16.9. The fourth-order valence-electron chi connectivity index (χ4n) is 1.80. The first-order valence-corrected chi connectivity index (χ1v) is 7.90. The summed E-state index contributed by atoms with van der Waals surface area (Å²) in [7, 11) is 0. The molecule has 3 rings (SSSR count). The summed E-state index contributed by atoms with van der Waals surface area (Å²) in [5.41, 5.74) is 7.61. The highest BCUT2D eigenvalue weighted by Gasteiger charge is 2.09. The molecule has 0 bridgehead atoms. The van der Waals surface area contributed by atoms with Gasteiger partial charge in [0.1, 0.15) is 0 Å². The van der Waals surface area contributed by atoms with E-state index in [1.807, 2.05) is 24.3 Å². The summed E-state index contributed by atoms with van der Waals surface area (Å²) in [5.74, 6) is 0.599. The van der Waals surface area contributed by atoms with Gasteiger partial charge in [0.2, 0.25) is 17.2 Å². The highest BCUT2D eigenvalue weighted by molar-refractivity contribution is 7.97. The Morgan fingerprint density at radius 3 is 2.62 bits per heavy atom. The van der Waals surface area contributed by atoms with E-state index in [9.17, 15) is 0 Å². The third-order valence-electron chi connectivity index (χ3n) is 2.88. The number of hydrogen-bond donors (Lipinski definition) is 2. The van der Waals surface area contributed by atoms with Crippen LogP contribution in [0.1, 0.15) is 5.56 Å². The number of nitrogens with two attached hydrogens (primary N) is 1. The summed E-state index contributed by atoms with van der Waals surface area (Å²) in [6, 6.07) is 9.54. The van der Waals surface area contributed by atoms with E-state index in [1.165, 1.54) is 16.0 Å². The number of nitrogens with one attached hydrogen (secondary N) is 1. The molecular weight excluding hydrogens is 348 g/mol. The number of hydrogen-bond acceptors (Lipinski definition) is 8. The molecule has 1 aromatic carbocycles. The first-order chi connectivity index (χ1) is 11.6. The van der Waals surface area contributed by atoms with E-state index in [2.05, 4.69) is 31.4 Å². The summed E-state index contributed by atoms with van der Waals surface area (Å²) < 4.78 is 1.46. The van der Waals surface area contributed by atoms with Crippen LogP contribution in [0.2, 0.25) is 5.28 Å². The lowest BCUT2D eigenvalue weighted by Crippen LogP contribution is -1.98. The quantitative estimate of drug-likeness (QED) is 0.668. The molecule has 3 N–H and O–H groups in total. The third-order valence-corrected chi connectivity index (χ3v) is 3.94. The minimum atomic E-state index is 0.174. The highest BCUT2D eigenvalue weighted by atomic mass is 35.5. The maximum atomic E-state index is 8.67. The molecule has 0 atom stereocenters. The van der Waals surface area contributed by atoms with E-state index in [4.69, 9.17) is 22.6 Å². The molecular formula is C14H11ClN8S. The van der Waals surface area contributed by atoms with Crippen molar-refractivity contribution >= 4 is 41.1 Å². The van der Waals surface area contributed by atoms with Gasteiger partial charge in [0.15, 0.2) is 0 Å². The van der Waals surface area contributed by atoms with Crippen molar-refractivity contribution in [1.82, 2.24) is 24.1 Å². The zero-order valence-electron chi connectivity index (χ0n) is 12.2. The molecule has 0 fully saturated rings. The molecule has 0 unspecified atom stereocenters. The van der Waals surface area contributed by atoms with Crippen molar-refractivity contribution in [3.8, 4) is 6.07 Å². The number of nitrogen functional groups attached to an aromatic ring is 1. The largest absolute Gasteiger partial charge is 0.367 e. The topological polar surface area (TPSA) is 118 Å². The molecule has 3 aromatic rings. The van der Waals surface area contributed by atoms with Gasteiger partial charge < -0.3 is 11.1 Å². The lowest BCUT2D eigenvalue weighted by Gasteiger charge is -2.02. The van der Waals surface area contributed by atoms with Gasteiger partial charge in [0, 0.05) is 30.0 Å². The second-order valence-electron chi connectivity index (χ2n) is 4.60. The lowest BCUT2D eigenvalue weighted by atomic mass is 10.1. The summed E-state index contributed by atoms with van der Waals surface area (Å²) in [4.78, 5) is 12.7. The number of nitriles is 1. The molecule has 120 valence electrons. The molecule has 0 aliphatic heterocycles. The maximum absolute atomic E-state index is 8.67. The number of benzene rings is 1. The molecule has 10 heteroatoms. The van der Waals surface area contributed by atoms with E-state index in [0.717, 1.165) is 16.1 Å². The summed E-state index contributed by atoms with van der Waals surface area (Å²) >= 11 is 6.87. The Morgan fingerprint density at radius 1 is 1.25 bits per heavy atom. The molecule has 0 saturated carbocycles. The molecule has 8 nitrogen and oxygen atoms in total. The van der Waals surface area contributed by atoms with Gasteiger partial charge in [-0.05, 0) is 29.3 Å². The highest BCUT2D eigenvalue weighted by Crippen LogP contribution is 2.23. The van der Waals surface area contributed by atoms with Gasteiger partial charge in [-0.25, -0.2) is 9.97 Å². The maximum Gasteiger partial charge on any atom is 0.249 e. The van der Waals surface area contributed by atoms with Crippen LogP contribution in [0.5, 0.6) is 0 Å². The fraction of sp³-hybridized carbons (Fsp3) is 0.0714. The van der Waals surface area contributed by atoms with Gasteiger partial charge in [0.25, 0.3) is 0 Å². The van der Waals surface area contributed by atoms with Crippen molar-refractivity contribution in [1.29, 1.82) is 5.26 Å². The van der Waals surface area contributed by atoms with Crippen LogP contribution in [0.3, 0.4) is 0 Å². The fourth-order valence-corrected chi connectivity index (χ4v) is 2.55. The average molecular weight is 359 g/mol. The van der Waals surface area contributed by atoms with E-state index >= 15 is 0 Å². The Bertz CT molecular complexity index is 869. The first kappa shape index (κ1) is 16.0. The van der Waals surface area contributed by atoms with Crippen molar-refractivity contribution in [3.05, 3.63) is 47.5 Å². The van der Waals surface area contributed by atoms with E-state index in [0.29, 0.717) is 12.4 Å². The molecule has 0 radical (unpaired) electrons. The first-order valence-electron chi connectivity index (χ1n) is 6.75. The standard InChI is InChI=1S/C14H11ClN8S/c15-12-18-7-11(8-19-12)24-23-13(17)21-14(22-23)20-10-3-1-9(2-4-10)5-6-16/h1-4,7-8H,5H2,(H3,17,20,21,22). The molecule has 0 aliphatic carbocycles. The predicted molar refractivity (Wildman–Crippen MR) is 91.8 cm³/mol. The molecule has 24 heavy (non-hydrogen) atoms. The molecule has 2 heterocycles. The zero-order valence-corrected chi connectivity index (χ0v) is 13.8. The minimum Gasteiger partial charge on any atom is -0.367 e. The molecule has 2 aromatic heterocycles. The predicted octanol–water partition coefficient (Wildman–Crippen LogP) is 2.67. The number of rotatable bonds is 5. The normalized spacial score (nSPS) is 10.3.